The summed E-state index contributed by atoms with van der Waals surface area (Å²) in [6.45, 7) is 5.65. The smallest absolute Gasteiger partial charge is 0.170 e. The molecule has 0 saturated carbocycles. The third-order valence-corrected chi connectivity index (χ3v) is 5.15. The largest absolute Gasteiger partial charge is 0.384 e. The zero-order valence-electron chi connectivity index (χ0n) is 14.4. The summed E-state index contributed by atoms with van der Waals surface area (Å²) in [5.41, 5.74) is 0.393. The van der Waals surface area contributed by atoms with Crippen molar-refractivity contribution in [2.45, 2.75) is 31.9 Å². The van der Waals surface area contributed by atoms with Crippen LogP contribution in [-0.4, -0.2) is 34.9 Å². The number of carbonyl (C=O) groups excluding carboxylic acids is 1. The zero-order valence-corrected chi connectivity index (χ0v) is 14.4. The van der Waals surface area contributed by atoms with Crippen LogP contribution >= 0.6 is 0 Å². The topological polar surface area (TPSA) is 40.5 Å². The molecule has 1 N–H and O–H groups in total. The molecule has 0 spiro atoms. The molecular formula is C21H25NO2. The quantitative estimate of drug-likeness (QED) is 0.876. The van der Waals surface area contributed by atoms with Gasteiger partial charge >= 0.3 is 0 Å². The van der Waals surface area contributed by atoms with Gasteiger partial charge in [-0.15, -0.1) is 0 Å². The van der Waals surface area contributed by atoms with E-state index in [9.17, 15) is 9.90 Å². The van der Waals surface area contributed by atoms with E-state index >= 15 is 0 Å². The lowest BCUT2D eigenvalue weighted by Crippen LogP contribution is -2.54. The Morgan fingerprint density at radius 1 is 1.08 bits per heavy atom. The van der Waals surface area contributed by atoms with E-state index in [-0.39, 0.29) is 5.78 Å². The van der Waals surface area contributed by atoms with E-state index in [1.807, 2.05) is 60.7 Å². The number of nitrogens with zero attached hydrogens (tertiary/aromatic N) is 1. The predicted octanol–water partition coefficient (Wildman–Crippen LogP) is 3.49. The van der Waals surface area contributed by atoms with Crippen molar-refractivity contribution < 1.29 is 9.90 Å². The van der Waals surface area contributed by atoms with Gasteiger partial charge in [0.05, 0.1) is 5.92 Å². The van der Waals surface area contributed by atoms with Gasteiger partial charge < -0.3 is 5.11 Å². The number of piperidine rings is 1. The minimum absolute atomic E-state index is 0.0207. The van der Waals surface area contributed by atoms with Crippen molar-refractivity contribution in [2.75, 3.05) is 13.1 Å². The van der Waals surface area contributed by atoms with Gasteiger partial charge in [-0.2, -0.15) is 0 Å². The SMILES string of the molecule is CC(C)N1CCC(O)(c2ccccc2)C(C(=O)c2ccccc2)C1. The summed E-state index contributed by atoms with van der Waals surface area (Å²) in [5, 5.41) is 11.5. The second-order valence-corrected chi connectivity index (χ2v) is 6.91. The highest BCUT2D eigenvalue weighted by atomic mass is 16.3. The number of aliphatic hydroxyl groups is 1. The van der Waals surface area contributed by atoms with E-state index in [1.54, 1.807) is 0 Å². The second-order valence-electron chi connectivity index (χ2n) is 6.91. The van der Waals surface area contributed by atoms with Crippen LogP contribution in [0.4, 0.5) is 0 Å². The second kappa shape index (κ2) is 6.88. The molecule has 0 aromatic heterocycles. The first-order valence-corrected chi connectivity index (χ1v) is 8.63. The Balaban J connectivity index is 1.99. The lowest BCUT2D eigenvalue weighted by atomic mass is 9.72. The third-order valence-electron chi connectivity index (χ3n) is 5.15. The maximum absolute atomic E-state index is 13.2. The molecule has 0 bridgehead atoms. The molecule has 3 rings (SSSR count). The molecule has 1 aliphatic rings. The molecule has 1 heterocycles. The summed E-state index contributed by atoms with van der Waals surface area (Å²) in [6.07, 6.45) is 0.568. The Bertz CT molecular complexity index is 683. The summed E-state index contributed by atoms with van der Waals surface area (Å²) >= 11 is 0. The van der Waals surface area contributed by atoms with E-state index in [2.05, 4.69) is 18.7 Å². The van der Waals surface area contributed by atoms with Gasteiger partial charge in [-0.1, -0.05) is 60.7 Å². The molecule has 24 heavy (non-hydrogen) atoms. The van der Waals surface area contributed by atoms with Gasteiger partial charge in [0.1, 0.15) is 5.60 Å². The van der Waals surface area contributed by atoms with Gasteiger partial charge in [0.2, 0.25) is 0 Å². The van der Waals surface area contributed by atoms with Crippen molar-refractivity contribution in [1.29, 1.82) is 0 Å². The van der Waals surface area contributed by atoms with Crippen LogP contribution in [0.5, 0.6) is 0 Å². The van der Waals surface area contributed by atoms with Crippen LogP contribution in [-0.2, 0) is 5.60 Å². The first-order valence-electron chi connectivity index (χ1n) is 8.63. The molecule has 0 aliphatic carbocycles. The van der Waals surface area contributed by atoms with Crippen LogP contribution in [0.3, 0.4) is 0 Å². The fourth-order valence-corrected chi connectivity index (χ4v) is 3.61. The fraction of sp³-hybridized carbons (Fsp3) is 0.381. The number of ketones is 1. The maximum Gasteiger partial charge on any atom is 0.170 e. The van der Waals surface area contributed by atoms with Gasteiger partial charge in [0.15, 0.2) is 5.78 Å². The zero-order chi connectivity index (χ0) is 17.2. The summed E-state index contributed by atoms with van der Waals surface area (Å²) in [7, 11) is 0. The molecule has 0 radical (unpaired) electrons. The van der Waals surface area contributed by atoms with E-state index in [0.717, 1.165) is 12.1 Å². The van der Waals surface area contributed by atoms with Crippen molar-refractivity contribution in [3.8, 4) is 0 Å². The van der Waals surface area contributed by atoms with Crippen molar-refractivity contribution in [2.24, 2.45) is 5.92 Å². The number of likely N-dealkylation sites (tertiary alicyclic amines) is 1. The normalized spacial score (nSPS) is 24.9. The van der Waals surface area contributed by atoms with Gasteiger partial charge in [-0.3, -0.25) is 9.69 Å². The first-order chi connectivity index (χ1) is 11.5. The van der Waals surface area contributed by atoms with Crippen molar-refractivity contribution in [3.05, 3.63) is 71.8 Å². The summed E-state index contributed by atoms with van der Waals surface area (Å²) in [6, 6.07) is 19.3. The molecule has 0 amide bonds. The van der Waals surface area contributed by atoms with Gasteiger partial charge in [0.25, 0.3) is 0 Å². The summed E-state index contributed by atoms with van der Waals surface area (Å²) in [5.74, 6) is -0.439. The molecule has 3 heteroatoms. The molecule has 126 valence electrons. The van der Waals surface area contributed by atoms with Gasteiger partial charge in [0, 0.05) is 24.7 Å². The number of hydrogen-bond acceptors (Lipinski definition) is 3. The minimum atomic E-state index is -1.11. The van der Waals surface area contributed by atoms with E-state index < -0.39 is 11.5 Å². The number of Topliss-reactive ketones (excluding diaryl/α,β-unsaturated/α-hetero) is 1. The number of rotatable bonds is 4. The lowest BCUT2D eigenvalue weighted by Gasteiger charge is -2.45. The highest BCUT2D eigenvalue weighted by molar-refractivity contribution is 5.99. The Kier molecular flexibility index (Phi) is 4.83. The standard InChI is InChI=1S/C21H25NO2/c1-16(2)22-14-13-21(24,18-11-7-4-8-12-18)19(15-22)20(23)17-9-5-3-6-10-17/h3-12,16,19,24H,13-15H2,1-2H3. The number of hydrogen-bond donors (Lipinski definition) is 1. The number of benzene rings is 2. The molecule has 2 aromatic carbocycles. The average Bonchev–Trinajstić information content (AvgIpc) is 2.63. The van der Waals surface area contributed by atoms with Gasteiger partial charge in [-0.25, -0.2) is 0 Å². The van der Waals surface area contributed by atoms with Crippen LogP contribution in [0.25, 0.3) is 0 Å². The van der Waals surface area contributed by atoms with Crippen LogP contribution < -0.4 is 0 Å². The van der Waals surface area contributed by atoms with Crippen LogP contribution in [0.15, 0.2) is 60.7 Å². The Hall–Kier alpha value is -1.97. The van der Waals surface area contributed by atoms with E-state index in [1.165, 1.54) is 0 Å². The Morgan fingerprint density at radius 2 is 1.67 bits per heavy atom. The molecule has 2 unspecified atom stereocenters. The molecule has 2 atom stereocenters. The van der Waals surface area contributed by atoms with E-state index in [4.69, 9.17) is 0 Å². The van der Waals surface area contributed by atoms with Crippen LogP contribution in [0, 0.1) is 5.92 Å². The Labute approximate surface area is 143 Å². The predicted molar refractivity (Wildman–Crippen MR) is 95.9 cm³/mol. The molecule has 1 aliphatic heterocycles. The van der Waals surface area contributed by atoms with E-state index in [0.29, 0.717) is 24.6 Å². The summed E-state index contributed by atoms with van der Waals surface area (Å²) in [4.78, 5) is 15.5. The third kappa shape index (κ3) is 3.14. The van der Waals surface area contributed by atoms with Crippen LogP contribution in [0.2, 0.25) is 0 Å². The maximum atomic E-state index is 13.2. The first kappa shape index (κ1) is 16.9. The van der Waals surface area contributed by atoms with Crippen LogP contribution in [0.1, 0.15) is 36.2 Å². The van der Waals surface area contributed by atoms with Crippen molar-refractivity contribution >= 4 is 5.78 Å². The minimum Gasteiger partial charge on any atom is -0.384 e. The molecule has 1 fully saturated rings. The highest BCUT2D eigenvalue weighted by Gasteiger charge is 2.47. The van der Waals surface area contributed by atoms with Gasteiger partial charge in [-0.05, 0) is 25.8 Å². The Morgan fingerprint density at radius 3 is 2.25 bits per heavy atom. The molecular weight excluding hydrogens is 298 g/mol. The molecule has 3 nitrogen and oxygen atoms in total. The monoisotopic (exact) mass is 323 g/mol. The number of carbonyl (C=O) groups is 1. The lowest BCUT2D eigenvalue weighted by molar-refractivity contribution is -0.0696. The average molecular weight is 323 g/mol. The molecule has 1 saturated heterocycles. The van der Waals surface area contributed by atoms with Crippen molar-refractivity contribution in [3.63, 3.8) is 0 Å². The summed E-state index contributed by atoms with van der Waals surface area (Å²) < 4.78 is 0. The highest BCUT2D eigenvalue weighted by Crippen LogP contribution is 2.39. The molecule has 2 aromatic rings. The fourth-order valence-electron chi connectivity index (χ4n) is 3.61. The van der Waals surface area contributed by atoms with Crippen molar-refractivity contribution in [1.82, 2.24) is 4.90 Å².